The van der Waals surface area contributed by atoms with E-state index >= 15 is 0 Å². The Hall–Kier alpha value is -5.71. The number of para-hydroxylation sites is 1. The van der Waals surface area contributed by atoms with Gasteiger partial charge in [-0.15, -0.1) is 41.4 Å². The number of hydrogen-bond donors (Lipinski definition) is 1. The van der Waals surface area contributed by atoms with Crippen molar-refractivity contribution in [1.82, 2.24) is 14.5 Å². The van der Waals surface area contributed by atoms with E-state index < -0.39 is 0 Å². The van der Waals surface area contributed by atoms with Crippen molar-refractivity contribution >= 4 is 44.7 Å². The first-order valence-corrected chi connectivity index (χ1v) is 20.3. The first-order chi connectivity index (χ1) is 28.0. The molecule has 3 aromatic heterocycles. The van der Waals surface area contributed by atoms with Crippen molar-refractivity contribution in [2.45, 2.75) is 78.6 Å². The van der Waals surface area contributed by atoms with Crippen LogP contribution in [0, 0.1) is 19.2 Å². The predicted molar refractivity (Wildman–Crippen MR) is 246 cm³/mol. The van der Waals surface area contributed by atoms with E-state index in [0.29, 0.717) is 23.0 Å². The fourth-order valence-corrected chi connectivity index (χ4v) is 7.41. The van der Waals surface area contributed by atoms with E-state index in [1.54, 1.807) is 0 Å². The molecule has 3 heterocycles. The maximum absolute atomic E-state index is 6.55. The van der Waals surface area contributed by atoms with Gasteiger partial charge in [-0.25, -0.2) is 9.97 Å². The van der Waals surface area contributed by atoms with E-state index in [-0.39, 0.29) is 37.3 Å². The van der Waals surface area contributed by atoms with Crippen molar-refractivity contribution in [1.29, 1.82) is 0 Å². The molecule has 0 amide bonds. The topological polar surface area (TPSA) is 55.2 Å². The van der Waals surface area contributed by atoms with Crippen LogP contribution < -0.4 is 15.0 Å². The number of hydrogen-bond acceptors (Lipinski definition) is 5. The average Bonchev–Trinajstić information content (AvgIpc) is 3.53. The Bertz CT molecular complexity index is 2770. The second-order valence-corrected chi connectivity index (χ2v) is 18.4. The van der Waals surface area contributed by atoms with E-state index in [1.807, 2.05) is 47.6 Å². The average molecular weight is 970 g/mol. The summed E-state index contributed by atoms with van der Waals surface area (Å²) in [5.74, 6) is 2.59. The normalized spacial score (nSPS) is 12.0. The number of benzene rings is 5. The second-order valence-electron chi connectivity index (χ2n) is 18.4. The van der Waals surface area contributed by atoms with E-state index in [2.05, 4.69) is 182 Å². The summed E-state index contributed by atoms with van der Waals surface area (Å²) in [6, 6.07) is 48.9. The summed E-state index contributed by atoms with van der Waals surface area (Å²) >= 11 is 0. The van der Waals surface area contributed by atoms with E-state index in [0.717, 1.165) is 50.1 Å². The van der Waals surface area contributed by atoms with Gasteiger partial charge in [-0.1, -0.05) is 122 Å². The monoisotopic (exact) mass is 969 g/mol. The molecule has 0 fully saturated rings. The largest absolute Gasteiger partial charge is 0.509 e. The van der Waals surface area contributed by atoms with E-state index in [4.69, 9.17) is 14.7 Å². The maximum Gasteiger partial charge on any atom is 0.135 e. The second kappa shape index (κ2) is 16.4. The minimum atomic E-state index is -0.0434. The molecule has 0 aliphatic carbocycles. The van der Waals surface area contributed by atoms with Crippen LogP contribution in [-0.4, -0.2) is 14.5 Å². The van der Waals surface area contributed by atoms with Gasteiger partial charge in [-0.05, 0) is 80.3 Å². The van der Waals surface area contributed by atoms with Crippen molar-refractivity contribution in [3.05, 3.63) is 170 Å². The van der Waals surface area contributed by atoms with Crippen LogP contribution in [-0.2, 0) is 37.3 Å². The van der Waals surface area contributed by atoms with Gasteiger partial charge in [-0.2, -0.15) is 12.1 Å². The van der Waals surface area contributed by atoms with Crippen molar-refractivity contribution in [3.8, 4) is 28.4 Å². The smallest absolute Gasteiger partial charge is 0.135 e. The molecular weight excluding hydrogens is 918 g/mol. The van der Waals surface area contributed by atoms with E-state index in [1.165, 1.54) is 16.7 Å². The molecule has 0 unspecified atom stereocenters. The molecule has 8 aromatic rings. The summed E-state index contributed by atoms with van der Waals surface area (Å²) in [4.78, 5) is 11.6. The number of aromatic nitrogens is 3. The molecule has 0 aliphatic heterocycles. The Balaban J connectivity index is 0.00000544. The maximum atomic E-state index is 6.55. The summed E-state index contributed by atoms with van der Waals surface area (Å²) in [6.45, 7) is 20.2. The van der Waals surface area contributed by atoms with Crippen LogP contribution in [0.25, 0.3) is 38.8 Å². The van der Waals surface area contributed by atoms with Crippen LogP contribution in [0.3, 0.4) is 0 Å². The molecule has 0 saturated heterocycles. The van der Waals surface area contributed by atoms with Gasteiger partial charge in [-0.3, -0.25) is 7.05 Å². The number of nitrogens with one attached hydrogen (secondary N) is 1. The van der Waals surface area contributed by atoms with Crippen LogP contribution in [0.1, 0.15) is 79.0 Å². The van der Waals surface area contributed by atoms with Gasteiger partial charge in [0.1, 0.15) is 11.6 Å². The zero-order valence-electron chi connectivity index (χ0n) is 35.9. The Kier molecular flexibility index (Phi) is 11.6. The van der Waals surface area contributed by atoms with Crippen LogP contribution in [0.4, 0.5) is 22.9 Å². The molecule has 7 heteroatoms. The molecular formula is C53H52N5OPt-3. The fraction of sp³-hybridized carbons (Fsp3) is 0.226. The number of nitrogens with zero attached hydrogens (tertiary/aromatic N) is 4. The Morgan fingerprint density at radius 1 is 0.617 bits per heavy atom. The van der Waals surface area contributed by atoms with Crippen LogP contribution in [0.2, 0.25) is 0 Å². The number of rotatable bonds is 8. The van der Waals surface area contributed by atoms with Gasteiger partial charge in [0, 0.05) is 61.7 Å². The molecule has 308 valence electrons. The zero-order valence-corrected chi connectivity index (χ0v) is 38.2. The molecule has 0 spiro atoms. The Morgan fingerprint density at radius 2 is 1.27 bits per heavy atom. The Labute approximate surface area is 369 Å². The third-order valence-electron chi connectivity index (χ3n) is 10.9. The fourth-order valence-electron chi connectivity index (χ4n) is 7.41. The number of fused-ring (bicyclic) bond motifs is 3. The van der Waals surface area contributed by atoms with Crippen molar-refractivity contribution in [3.63, 3.8) is 0 Å². The summed E-state index contributed by atoms with van der Waals surface area (Å²) < 4.78 is 8.72. The first-order valence-electron chi connectivity index (χ1n) is 20.3. The SMILES string of the molecule is [CH2-]N(c1[c-]c(Oc2[c-]c3c(cc2)c2ccccc2n3-c2cc(C(C)(C)C)ccn2)ccc1)c1nccc(-c2ccccc2)c1Nc1cc(C(C)(C)C)cc(C(C)(C)C)c1.[Pt]. The van der Waals surface area contributed by atoms with Gasteiger partial charge in [0.25, 0.3) is 0 Å². The van der Waals surface area contributed by atoms with Crippen molar-refractivity contribution in [2.24, 2.45) is 0 Å². The van der Waals surface area contributed by atoms with Gasteiger partial charge in [0.15, 0.2) is 0 Å². The standard InChI is InChI=1S/C53H52N5O.Pt/c1-51(2,3)36-25-27-54-48(32-36)58-46-22-15-14-21-44(46)45-24-23-42(34-47(45)58)59-41-20-16-19-40(33-41)57(10)50-49(43(26-28-55-50)35-17-12-11-13-18-35)56-39-30-37(52(4,5)6)29-38(31-39)53(7,8)9;/h11-32,56H,10H2,1-9H3;/q-3;. The molecule has 0 atom stereocenters. The number of anilines is 4. The van der Waals surface area contributed by atoms with Gasteiger partial charge >= 0.3 is 0 Å². The summed E-state index contributed by atoms with van der Waals surface area (Å²) in [5.41, 5.74) is 10.2. The molecule has 0 radical (unpaired) electrons. The Morgan fingerprint density at radius 3 is 1.97 bits per heavy atom. The van der Waals surface area contributed by atoms with Gasteiger partial charge in [0.2, 0.25) is 0 Å². The van der Waals surface area contributed by atoms with Crippen LogP contribution in [0.5, 0.6) is 11.5 Å². The van der Waals surface area contributed by atoms with Crippen LogP contribution in [0.15, 0.2) is 134 Å². The van der Waals surface area contributed by atoms with Crippen LogP contribution >= 0.6 is 0 Å². The quantitative estimate of drug-likeness (QED) is 0.154. The minimum Gasteiger partial charge on any atom is -0.509 e. The molecule has 60 heavy (non-hydrogen) atoms. The number of ether oxygens (including phenoxy) is 1. The summed E-state index contributed by atoms with van der Waals surface area (Å²) in [5, 5.41) is 6.03. The summed E-state index contributed by atoms with van der Waals surface area (Å²) in [6.07, 6.45) is 3.72. The first kappa shape index (κ1) is 42.4. The minimum absolute atomic E-state index is 0. The molecule has 5 aromatic carbocycles. The molecule has 1 N–H and O–H groups in total. The molecule has 0 bridgehead atoms. The van der Waals surface area contributed by atoms with Gasteiger partial charge in [0.05, 0.1) is 5.69 Å². The molecule has 0 saturated carbocycles. The third-order valence-corrected chi connectivity index (χ3v) is 10.9. The molecule has 8 rings (SSSR count). The third kappa shape index (κ3) is 8.62. The van der Waals surface area contributed by atoms with Crippen molar-refractivity contribution < 1.29 is 25.8 Å². The summed E-state index contributed by atoms with van der Waals surface area (Å²) in [7, 11) is 4.54. The molecule has 0 aliphatic rings. The molecule has 6 nitrogen and oxygen atoms in total. The number of pyridine rings is 2. The van der Waals surface area contributed by atoms with Gasteiger partial charge < -0.3 is 19.5 Å². The predicted octanol–water partition coefficient (Wildman–Crippen LogP) is 14.2. The van der Waals surface area contributed by atoms with Crippen molar-refractivity contribution in [2.75, 3.05) is 10.2 Å². The van der Waals surface area contributed by atoms with E-state index in [9.17, 15) is 0 Å². The zero-order chi connectivity index (χ0) is 41.7.